The quantitative estimate of drug-likeness (QED) is 0.783. The number of aliphatic hydroxyl groups excluding tert-OH is 1. The van der Waals surface area contributed by atoms with Gasteiger partial charge in [0.05, 0.1) is 18.8 Å². The van der Waals surface area contributed by atoms with E-state index >= 15 is 0 Å². The molecule has 1 heterocycles. The van der Waals surface area contributed by atoms with Crippen LogP contribution in [0.15, 0.2) is 0 Å². The summed E-state index contributed by atoms with van der Waals surface area (Å²) >= 11 is 1.87. The van der Waals surface area contributed by atoms with Crippen LogP contribution in [-0.2, 0) is 12.5 Å². The highest BCUT2D eigenvalue weighted by Gasteiger charge is 2.29. The van der Waals surface area contributed by atoms with Gasteiger partial charge in [-0.05, 0) is 0 Å². The Morgan fingerprint density at radius 3 is 2.83 bits per heavy atom. The third-order valence-electron chi connectivity index (χ3n) is 1.92. The van der Waals surface area contributed by atoms with Crippen molar-refractivity contribution in [3.8, 4) is 0 Å². The Hall–Kier alpha value is 0.570. The van der Waals surface area contributed by atoms with Crippen LogP contribution in [0.4, 0.5) is 0 Å². The van der Waals surface area contributed by atoms with Gasteiger partial charge in [-0.3, -0.25) is 0 Å². The van der Waals surface area contributed by atoms with E-state index in [1.165, 1.54) is 0 Å². The van der Waals surface area contributed by atoms with Gasteiger partial charge < -0.3 is 17.6 Å². The van der Waals surface area contributed by atoms with Crippen LogP contribution in [0.1, 0.15) is 12.8 Å². The van der Waals surface area contributed by atoms with E-state index in [1.54, 1.807) is 7.11 Å². The molecule has 0 amide bonds. The second kappa shape index (κ2) is 5.33. The second-order valence-electron chi connectivity index (χ2n) is 2.79. The highest BCUT2D eigenvalue weighted by Crippen LogP contribution is 2.23. The van der Waals surface area contributed by atoms with E-state index in [1.807, 2.05) is 23.0 Å². The van der Waals surface area contributed by atoms with Crippen molar-refractivity contribution in [3.05, 3.63) is 0 Å². The molecule has 0 spiro atoms. The summed E-state index contributed by atoms with van der Waals surface area (Å²) in [5, 5.41) is 8.88. The van der Waals surface area contributed by atoms with E-state index in [2.05, 4.69) is 0 Å². The maximum absolute atomic E-state index is 8.88. The molecule has 1 aliphatic heterocycles. The lowest BCUT2D eigenvalue weighted by Crippen LogP contribution is -2.38. The first-order valence-corrected chi connectivity index (χ1v) is 4.74. The first-order chi connectivity index (χ1) is 5.80. The number of methoxy groups -OCH3 is 1. The zero-order chi connectivity index (χ0) is 8.97. The third kappa shape index (κ3) is 2.81. The molecule has 0 aromatic heterocycles. The molecule has 2 unspecified atom stereocenters. The summed E-state index contributed by atoms with van der Waals surface area (Å²) in [7, 11) is 1.59. The molecule has 1 aliphatic rings. The van der Waals surface area contributed by atoms with Crippen molar-refractivity contribution >= 4 is 23.0 Å². The first kappa shape index (κ1) is 10.6. The fraction of sp³-hybridized carbons (Fsp3) is 1.00. The van der Waals surface area contributed by atoms with E-state index < -0.39 is 0 Å². The molecule has 1 saturated heterocycles. The molecule has 12 heavy (non-hydrogen) atoms. The lowest BCUT2D eigenvalue weighted by atomic mass is 10.1. The summed E-state index contributed by atoms with van der Waals surface area (Å²) < 4.78 is 15.6. The van der Waals surface area contributed by atoms with E-state index in [0.717, 1.165) is 12.8 Å². The van der Waals surface area contributed by atoms with Gasteiger partial charge in [-0.2, -0.15) is 0 Å². The van der Waals surface area contributed by atoms with Crippen LogP contribution in [0.2, 0.25) is 0 Å². The Morgan fingerprint density at radius 2 is 2.33 bits per heavy atom. The molecule has 0 aliphatic carbocycles. The predicted octanol–water partition coefficient (Wildman–Crippen LogP) is 0.865. The summed E-state index contributed by atoms with van der Waals surface area (Å²) in [4.78, 5) is 0. The number of rotatable bonds is 3. The SMILES string of the molecule is CO[C@@H]1CC(OI)CC(CO)O1. The monoisotopic (exact) mass is 288 g/mol. The molecule has 3 atom stereocenters. The number of hydrogen-bond donors (Lipinski definition) is 1. The van der Waals surface area contributed by atoms with Crippen molar-refractivity contribution in [1.29, 1.82) is 0 Å². The van der Waals surface area contributed by atoms with Gasteiger partial charge >= 0.3 is 0 Å². The minimum atomic E-state index is -0.240. The number of aliphatic hydroxyl groups is 1. The Labute approximate surface area is 85.9 Å². The molecule has 0 saturated carbocycles. The summed E-state index contributed by atoms with van der Waals surface area (Å²) in [6.45, 7) is 0.0242. The van der Waals surface area contributed by atoms with Crippen LogP contribution in [-0.4, -0.2) is 37.3 Å². The summed E-state index contributed by atoms with van der Waals surface area (Å²) in [5.74, 6) is 0. The van der Waals surface area contributed by atoms with Crippen molar-refractivity contribution in [2.75, 3.05) is 13.7 Å². The smallest absolute Gasteiger partial charge is 0.160 e. The van der Waals surface area contributed by atoms with E-state index in [0.29, 0.717) is 0 Å². The lowest BCUT2D eigenvalue weighted by molar-refractivity contribution is -0.204. The Bertz CT molecular complexity index is 103. The highest BCUT2D eigenvalue weighted by atomic mass is 127. The van der Waals surface area contributed by atoms with E-state index in [-0.39, 0.29) is 25.1 Å². The average molecular weight is 288 g/mol. The second-order valence-corrected chi connectivity index (χ2v) is 3.30. The lowest BCUT2D eigenvalue weighted by Gasteiger charge is -2.32. The van der Waals surface area contributed by atoms with Gasteiger partial charge in [0.25, 0.3) is 0 Å². The topological polar surface area (TPSA) is 47.9 Å². The standard InChI is InChI=1S/C7H13IO4/c1-10-7-3-5(12-8)2-6(4-9)11-7/h5-7,9H,2-4H2,1H3/t5?,6?,7-/m0/s1. The molecule has 0 bridgehead atoms. The fourth-order valence-corrected chi connectivity index (χ4v) is 1.69. The molecule has 0 aromatic rings. The van der Waals surface area contributed by atoms with E-state index in [4.69, 9.17) is 17.6 Å². The zero-order valence-corrected chi connectivity index (χ0v) is 9.06. The van der Waals surface area contributed by atoms with Crippen molar-refractivity contribution in [2.24, 2.45) is 0 Å². The van der Waals surface area contributed by atoms with Crippen molar-refractivity contribution in [2.45, 2.75) is 31.3 Å². The Morgan fingerprint density at radius 1 is 1.58 bits per heavy atom. The Kier molecular flexibility index (Phi) is 4.73. The fourth-order valence-electron chi connectivity index (χ4n) is 1.27. The van der Waals surface area contributed by atoms with Gasteiger partial charge in [-0.15, -0.1) is 0 Å². The van der Waals surface area contributed by atoms with Gasteiger partial charge in [0.1, 0.15) is 23.0 Å². The molecule has 1 fully saturated rings. The Balaban J connectivity index is 2.41. The van der Waals surface area contributed by atoms with E-state index in [9.17, 15) is 0 Å². The van der Waals surface area contributed by atoms with Crippen LogP contribution >= 0.6 is 23.0 Å². The molecular formula is C7H13IO4. The molecule has 1 rings (SSSR count). The molecule has 1 N–H and O–H groups in total. The largest absolute Gasteiger partial charge is 0.394 e. The minimum Gasteiger partial charge on any atom is -0.394 e. The van der Waals surface area contributed by atoms with Gasteiger partial charge in [-0.1, -0.05) is 0 Å². The number of hydrogen-bond acceptors (Lipinski definition) is 4. The molecule has 0 radical (unpaired) electrons. The number of ether oxygens (including phenoxy) is 2. The van der Waals surface area contributed by atoms with Crippen molar-refractivity contribution < 1.29 is 17.6 Å². The minimum absolute atomic E-state index is 0.0242. The molecule has 72 valence electrons. The summed E-state index contributed by atoms with van der Waals surface area (Å²) in [5.41, 5.74) is 0. The highest BCUT2D eigenvalue weighted by molar-refractivity contribution is 14.1. The maximum atomic E-state index is 8.88. The summed E-state index contributed by atoms with van der Waals surface area (Å²) in [6.07, 6.45) is 1.20. The van der Waals surface area contributed by atoms with Gasteiger partial charge in [0, 0.05) is 20.0 Å². The van der Waals surface area contributed by atoms with Crippen LogP contribution < -0.4 is 0 Å². The molecule has 4 nitrogen and oxygen atoms in total. The first-order valence-electron chi connectivity index (χ1n) is 3.86. The number of halogens is 1. The normalized spacial score (nSPS) is 36.8. The van der Waals surface area contributed by atoms with Gasteiger partial charge in [0.2, 0.25) is 0 Å². The average Bonchev–Trinajstić information content (AvgIpc) is 2.16. The van der Waals surface area contributed by atoms with Crippen LogP contribution in [0, 0.1) is 0 Å². The predicted molar refractivity (Wildman–Crippen MR) is 50.9 cm³/mol. The van der Waals surface area contributed by atoms with Gasteiger partial charge in [0.15, 0.2) is 6.29 Å². The van der Waals surface area contributed by atoms with Crippen LogP contribution in [0.3, 0.4) is 0 Å². The van der Waals surface area contributed by atoms with Crippen molar-refractivity contribution in [1.82, 2.24) is 0 Å². The van der Waals surface area contributed by atoms with Crippen LogP contribution in [0.25, 0.3) is 0 Å². The molecular weight excluding hydrogens is 275 g/mol. The van der Waals surface area contributed by atoms with Crippen LogP contribution in [0.5, 0.6) is 0 Å². The molecule has 0 aromatic carbocycles. The molecule has 5 heteroatoms. The van der Waals surface area contributed by atoms with Gasteiger partial charge in [-0.25, -0.2) is 0 Å². The zero-order valence-electron chi connectivity index (χ0n) is 6.90. The maximum Gasteiger partial charge on any atom is 0.160 e. The third-order valence-corrected chi connectivity index (χ3v) is 2.64. The summed E-state index contributed by atoms with van der Waals surface area (Å²) in [6, 6.07) is 0. The van der Waals surface area contributed by atoms with Crippen molar-refractivity contribution in [3.63, 3.8) is 0 Å².